The van der Waals surface area contributed by atoms with E-state index in [-0.39, 0.29) is 18.9 Å². The molecule has 26 heavy (non-hydrogen) atoms. The molecule has 0 N–H and O–H groups in total. The molecule has 1 saturated heterocycles. The maximum atomic E-state index is 13.7. The summed E-state index contributed by atoms with van der Waals surface area (Å²) in [5.74, 6) is -1.95. The second-order valence-corrected chi connectivity index (χ2v) is 7.33. The van der Waals surface area contributed by atoms with Crippen molar-refractivity contribution >= 4 is 23.1 Å². The Hall–Kier alpha value is -2.21. The van der Waals surface area contributed by atoms with Crippen LogP contribution in [0.4, 0.5) is 14.6 Å². The summed E-state index contributed by atoms with van der Waals surface area (Å²) in [6.45, 7) is 3.95. The molecule has 1 aliphatic heterocycles. The van der Waals surface area contributed by atoms with Gasteiger partial charge >= 0.3 is 0 Å². The minimum atomic E-state index is -2.66. The first-order chi connectivity index (χ1) is 12.3. The van der Waals surface area contributed by atoms with Crippen LogP contribution in [0, 0.1) is 6.92 Å². The van der Waals surface area contributed by atoms with Crippen molar-refractivity contribution in [1.82, 2.24) is 14.6 Å². The van der Waals surface area contributed by atoms with Gasteiger partial charge in [0, 0.05) is 41.7 Å². The number of aromatic nitrogens is 3. The van der Waals surface area contributed by atoms with Gasteiger partial charge in [0.2, 0.25) is 0 Å². The van der Waals surface area contributed by atoms with Crippen molar-refractivity contribution < 1.29 is 8.78 Å². The van der Waals surface area contributed by atoms with Crippen LogP contribution in [0.1, 0.15) is 36.2 Å². The van der Waals surface area contributed by atoms with Gasteiger partial charge in [-0.05, 0) is 24.6 Å². The molecule has 0 bridgehead atoms. The Morgan fingerprint density at radius 1 is 1.19 bits per heavy atom. The lowest BCUT2D eigenvalue weighted by Crippen LogP contribution is -2.27. The van der Waals surface area contributed by atoms with Gasteiger partial charge < -0.3 is 4.90 Å². The third-order valence-electron chi connectivity index (χ3n) is 4.86. The fourth-order valence-corrected chi connectivity index (χ4v) is 3.51. The minimum absolute atomic E-state index is 0.0436. The fourth-order valence-electron chi connectivity index (χ4n) is 3.39. The molecule has 7 heteroatoms. The second kappa shape index (κ2) is 6.20. The molecule has 3 heterocycles. The number of benzene rings is 1. The van der Waals surface area contributed by atoms with Crippen LogP contribution in [0.25, 0.3) is 5.65 Å². The van der Waals surface area contributed by atoms with E-state index in [2.05, 4.69) is 17.0 Å². The standard InChI is InChI=1S/C19H19ClF2N4/c1-12-9-18(25-8-7-19(21,22)11-25)26-17(23-12)10-16(24-26)13(2)14-3-5-15(20)6-4-14/h3-6,9-10,13H,7-8,11H2,1-2H3. The lowest BCUT2D eigenvalue weighted by Gasteiger charge is -2.19. The first-order valence-corrected chi connectivity index (χ1v) is 8.96. The monoisotopic (exact) mass is 376 g/mol. The Bertz CT molecular complexity index is 952. The molecule has 2 aromatic heterocycles. The molecule has 1 unspecified atom stereocenters. The maximum absolute atomic E-state index is 13.7. The van der Waals surface area contributed by atoms with E-state index in [9.17, 15) is 8.78 Å². The van der Waals surface area contributed by atoms with Gasteiger partial charge in [-0.15, -0.1) is 0 Å². The molecule has 1 aromatic carbocycles. The Morgan fingerprint density at radius 2 is 1.92 bits per heavy atom. The first kappa shape index (κ1) is 17.2. The van der Waals surface area contributed by atoms with Crippen molar-refractivity contribution in [3.8, 4) is 0 Å². The van der Waals surface area contributed by atoms with Crippen LogP contribution in [-0.4, -0.2) is 33.6 Å². The van der Waals surface area contributed by atoms with Gasteiger partial charge in [0.15, 0.2) is 5.65 Å². The van der Waals surface area contributed by atoms with E-state index >= 15 is 0 Å². The normalized spacial score (nSPS) is 17.8. The predicted octanol–water partition coefficient (Wildman–Crippen LogP) is 4.69. The summed E-state index contributed by atoms with van der Waals surface area (Å²) in [5.41, 5.74) is 3.39. The minimum Gasteiger partial charge on any atom is -0.350 e. The van der Waals surface area contributed by atoms with Gasteiger partial charge in [0.1, 0.15) is 5.82 Å². The third kappa shape index (κ3) is 3.14. The van der Waals surface area contributed by atoms with Crippen LogP contribution < -0.4 is 4.90 Å². The molecule has 0 spiro atoms. The zero-order chi connectivity index (χ0) is 18.5. The Labute approximate surface area is 155 Å². The molecule has 0 aliphatic carbocycles. The summed E-state index contributed by atoms with van der Waals surface area (Å²) in [7, 11) is 0. The summed E-state index contributed by atoms with van der Waals surface area (Å²) in [5, 5.41) is 5.37. The van der Waals surface area contributed by atoms with Gasteiger partial charge in [-0.1, -0.05) is 30.7 Å². The number of hydrogen-bond acceptors (Lipinski definition) is 3. The molecule has 0 saturated carbocycles. The zero-order valence-electron chi connectivity index (χ0n) is 14.6. The van der Waals surface area contributed by atoms with E-state index in [1.165, 1.54) is 0 Å². The summed E-state index contributed by atoms with van der Waals surface area (Å²) in [6.07, 6.45) is -0.134. The summed E-state index contributed by atoms with van der Waals surface area (Å²) < 4.78 is 29.0. The molecule has 1 atom stereocenters. The third-order valence-corrected chi connectivity index (χ3v) is 5.11. The van der Waals surface area contributed by atoms with E-state index in [1.54, 1.807) is 9.42 Å². The van der Waals surface area contributed by atoms with Crippen LogP contribution in [0.3, 0.4) is 0 Å². The molecule has 0 amide bonds. The van der Waals surface area contributed by atoms with Crippen molar-refractivity contribution in [3.05, 3.63) is 58.4 Å². The number of anilines is 1. The second-order valence-electron chi connectivity index (χ2n) is 6.90. The lowest BCUT2D eigenvalue weighted by molar-refractivity contribution is 0.0256. The molecule has 4 nitrogen and oxygen atoms in total. The van der Waals surface area contributed by atoms with Crippen molar-refractivity contribution in [1.29, 1.82) is 0 Å². The van der Waals surface area contributed by atoms with E-state index in [4.69, 9.17) is 11.6 Å². The topological polar surface area (TPSA) is 33.4 Å². The highest BCUT2D eigenvalue weighted by molar-refractivity contribution is 6.30. The number of fused-ring (bicyclic) bond motifs is 1. The molecule has 1 fully saturated rings. The van der Waals surface area contributed by atoms with E-state index in [1.807, 2.05) is 43.3 Å². The number of hydrogen-bond donors (Lipinski definition) is 0. The van der Waals surface area contributed by atoms with Gasteiger partial charge in [0.25, 0.3) is 5.92 Å². The highest BCUT2D eigenvalue weighted by Gasteiger charge is 2.39. The molecule has 3 aromatic rings. The lowest BCUT2D eigenvalue weighted by atomic mass is 9.98. The molecular formula is C19H19ClF2N4. The number of alkyl halides is 2. The summed E-state index contributed by atoms with van der Waals surface area (Å²) in [6, 6.07) is 11.4. The SMILES string of the molecule is Cc1cc(N2CCC(F)(F)C2)n2nc(C(C)c3ccc(Cl)cc3)cc2n1. The molecule has 0 radical (unpaired) electrons. The first-order valence-electron chi connectivity index (χ1n) is 8.58. The van der Waals surface area contributed by atoms with Crippen molar-refractivity contribution in [2.24, 2.45) is 0 Å². The van der Waals surface area contributed by atoms with Crippen LogP contribution in [-0.2, 0) is 0 Å². The average Bonchev–Trinajstić information content (AvgIpc) is 3.17. The molecule has 1 aliphatic rings. The Kier molecular flexibility index (Phi) is 4.10. The number of nitrogens with zero attached hydrogens (tertiary/aromatic N) is 4. The van der Waals surface area contributed by atoms with Gasteiger partial charge in [0.05, 0.1) is 12.2 Å². The van der Waals surface area contributed by atoms with Crippen LogP contribution >= 0.6 is 11.6 Å². The highest BCUT2D eigenvalue weighted by atomic mass is 35.5. The average molecular weight is 377 g/mol. The quantitative estimate of drug-likeness (QED) is 0.665. The number of rotatable bonds is 3. The Balaban J connectivity index is 1.75. The smallest absolute Gasteiger partial charge is 0.266 e. The van der Waals surface area contributed by atoms with Crippen LogP contribution in [0.5, 0.6) is 0 Å². The van der Waals surface area contributed by atoms with Crippen LogP contribution in [0.2, 0.25) is 5.02 Å². The fraction of sp³-hybridized carbons (Fsp3) is 0.368. The number of aryl methyl sites for hydroxylation is 1. The Morgan fingerprint density at radius 3 is 2.58 bits per heavy atom. The highest BCUT2D eigenvalue weighted by Crippen LogP contribution is 2.32. The number of halogens is 3. The largest absolute Gasteiger partial charge is 0.350 e. The van der Waals surface area contributed by atoms with Gasteiger partial charge in [-0.2, -0.15) is 9.61 Å². The summed E-state index contributed by atoms with van der Waals surface area (Å²) >= 11 is 5.96. The zero-order valence-corrected chi connectivity index (χ0v) is 15.3. The van der Waals surface area contributed by atoms with Crippen molar-refractivity contribution in [2.45, 2.75) is 32.1 Å². The molecule has 4 rings (SSSR count). The maximum Gasteiger partial charge on any atom is 0.266 e. The summed E-state index contributed by atoms with van der Waals surface area (Å²) in [4.78, 5) is 6.21. The van der Waals surface area contributed by atoms with E-state index < -0.39 is 5.92 Å². The van der Waals surface area contributed by atoms with E-state index in [0.29, 0.717) is 23.0 Å². The van der Waals surface area contributed by atoms with Gasteiger partial charge in [-0.25, -0.2) is 13.8 Å². The van der Waals surface area contributed by atoms with Crippen molar-refractivity contribution in [3.63, 3.8) is 0 Å². The predicted molar refractivity (Wildman–Crippen MR) is 98.5 cm³/mol. The van der Waals surface area contributed by atoms with Crippen LogP contribution in [0.15, 0.2) is 36.4 Å². The van der Waals surface area contributed by atoms with E-state index in [0.717, 1.165) is 17.0 Å². The molecule has 136 valence electrons. The molecular weight excluding hydrogens is 358 g/mol. The van der Waals surface area contributed by atoms with Crippen molar-refractivity contribution in [2.75, 3.05) is 18.0 Å². The van der Waals surface area contributed by atoms with Gasteiger partial charge in [-0.3, -0.25) is 0 Å².